The second-order valence-corrected chi connectivity index (χ2v) is 6.40. The van der Waals surface area contributed by atoms with Crippen molar-refractivity contribution in [2.45, 2.75) is 31.3 Å². The van der Waals surface area contributed by atoms with E-state index in [0.29, 0.717) is 6.42 Å². The molecule has 1 unspecified atom stereocenters. The van der Waals surface area contributed by atoms with Gasteiger partial charge in [-0.3, -0.25) is 0 Å². The van der Waals surface area contributed by atoms with E-state index in [4.69, 9.17) is 0 Å². The molecule has 3 rings (SSSR count). The van der Waals surface area contributed by atoms with Crippen LogP contribution in [0.15, 0.2) is 40.9 Å². The van der Waals surface area contributed by atoms with Gasteiger partial charge in [0.1, 0.15) is 11.6 Å². The van der Waals surface area contributed by atoms with Crippen molar-refractivity contribution in [3.05, 3.63) is 69.2 Å². The molecule has 0 bridgehead atoms. The number of aryl methyl sites for hydroxylation is 1. The molecular weight excluding hydrogens is 338 g/mol. The Labute approximate surface area is 130 Å². The largest absolute Gasteiger partial charge is 0.385 e. The van der Waals surface area contributed by atoms with Crippen LogP contribution in [0.25, 0.3) is 0 Å². The molecule has 0 aromatic heterocycles. The maximum atomic E-state index is 14.2. The van der Waals surface area contributed by atoms with Crippen molar-refractivity contribution in [2.24, 2.45) is 0 Å². The van der Waals surface area contributed by atoms with Crippen LogP contribution in [0.4, 0.5) is 8.78 Å². The summed E-state index contributed by atoms with van der Waals surface area (Å²) in [4.78, 5) is 0. The van der Waals surface area contributed by atoms with E-state index in [1.165, 1.54) is 12.1 Å². The zero-order valence-corrected chi connectivity index (χ0v) is 13.0. The number of aliphatic hydroxyl groups is 1. The Balaban J connectivity index is 2.05. The summed E-state index contributed by atoms with van der Waals surface area (Å²) in [5, 5.41) is 11.0. The highest BCUT2D eigenvalue weighted by Crippen LogP contribution is 2.39. The van der Waals surface area contributed by atoms with E-state index in [1.54, 1.807) is 0 Å². The van der Waals surface area contributed by atoms with Gasteiger partial charge in [-0.2, -0.15) is 0 Å². The number of rotatable bonds is 2. The Hall–Kier alpha value is -1.26. The van der Waals surface area contributed by atoms with Crippen molar-refractivity contribution < 1.29 is 13.9 Å². The van der Waals surface area contributed by atoms with E-state index in [1.807, 2.05) is 24.3 Å². The lowest BCUT2D eigenvalue weighted by Crippen LogP contribution is -2.33. The van der Waals surface area contributed by atoms with Gasteiger partial charge in [-0.15, -0.1) is 0 Å². The van der Waals surface area contributed by atoms with Crippen molar-refractivity contribution in [1.29, 1.82) is 0 Å². The van der Waals surface area contributed by atoms with Crippen LogP contribution in [-0.2, 0) is 18.4 Å². The summed E-state index contributed by atoms with van der Waals surface area (Å²) < 4.78 is 28.3. The van der Waals surface area contributed by atoms with Crippen LogP contribution < -0.4 is 0 Å². The maximum absolute atomic E-state index is 14.2. The summed E-state index contributed by atoms with van der Waals surface area (Å²) in [5.41, 5.74) is 0.567. The normalized spacial score (nSPS) is 21.1. The van der Waals surface area contributed by atoms with Gasteiger partial charge in [-0.05, 0) is 58.5 Å². The Kier molecular flexibility index (Phi) is 3.84. The molecule has 0 radical (unpaired) electrons. The number of hydrogen-bond acceptors (Lipinski definition) is 1. The first-order chi connectivity index (χ1) is 10.0. The molecule has 0 saturated carbocycles. The molecule has 21 heavy (non-hydrogen) atoms. The minimum Gasteiger partial charge on any atom is -0.385 e. The molecule has 1 aliphatic rings. The van der Waals surface area contributed by atoms with E-state index in [0.717, 1.165) is 24.0 Å². The van der Waals surface area contributed by atoms with E-state index in [-0.39, 0.29) is 16.5 Å². The lowest BCUT2D eigenvalue weighted by atomic mass is 9.76. The first-order valence-electron chi connectivity index (χ1n) is 6.94. The van der Waals surface area contributed by atoms with Crippen molar-refractivity contribution in [1.82, 2.24) is 0 Å². The van der Waals surface area contributed by atoms with Gasteiger partial charge < -0.3 is 5.11 Å². The SMILES string of the molecule is OC1(Cc2c(F)ccc(Br)c2F)CCCc2ccccc21. The highest BCUT2D eigenvalue weighted by molar-refractivity contribution is 9.10. The lowest BCUT2D eigenvalue weighted by Gasteiger charge is -2.35. The molecule has 0 heterocycles. The average molecular weight is 353 g/mol. The van der Waals surface area contributed by atoms with Gasteiger partial charge >= 0.3 is 0 Å². The van der Waals surface area contributed by atoms with Gasteiger partial charge in [0, 0.05) is 12.0 Å². The fourth-order valence-electron chi connectivity index (χ4n) is 3.11. The minimum absolute atomic E-state index is 0.0544. The second-order valence-electron chi connectivity index (χ2n) is 5.54. The average Bonchev–Trinajstić information content (AvgIpc) is 2.48. The zero-order valence-electron chi connectivity index (χ0n) is 11.4. The number of benzene rings is 2. The van der Waals surface area contributed by atoms with Crippen LogP contribution in [0.2, 0.25) is 0 Å². The van der Waals surface area contributed by atoms with E-state index in [9.17, 15) is 13.9 Å². The van der Waals surface area contributed by atoms with Gasteiger partial charge in [0.05, 0.1) is 10.1 Å². The third kappa shape index (κ3) is 2.62. The van der Waals surface area contributed by atoms with Crippen molar-refractivity contribution in [3.63, 3.8) is 0 Å². The van der Waals surface area contributed by atoms with Crippen LogP contribution in [0.5, 0.6) is 0 Å². The van der Waals surface area contributed by atoms with E-state index >= 15 is 0 Å². The highest BCUT2D eigenvalue weighted by atomic mass is 79.9. The van der Waals surface area contributed by atoms with Crippen LogP contribution in [0, 0.1) is 11.6 Å². The Morgan fingerprint density at radius 2 is 1.90 bits per heavy atom. The maximum Gasteiger partial charge on any atom is 0.143 e. The van der Waals surface area contributed by atoms with Gasteiger partial charge in [-0.1, -0.05) is 24.3 Å². The summed E-state index contributed by atoms with van der Waals surface area (Å²) in [6, 6.07) is 10.1. The van der Waals surface area contributed by atoms with Crippen LogP contribution in [0.1, 0.15) is 29.5 Å². The molecular formula is C17H15BrF2O. The molecule has 2 aromatic carbocycles. The van der Waals surface area contributed by atoms with Crippen molar-refractivity contribution in [2.75, 3.05) is 0 Å². The quantitative estimate of drug-likeness (QED) is 0.789. The minimum atomic E-state index is -1.21. The standard InChI is InChI=1S/C17H15BrF2O/c18-14-7-8-15(19)12(16(14)20)10-17(21)9-3-5-11-4-1-2-6-13(11)17/h1-2,4,6-8,21H,3,5,9-10H2. The second kappa shape index (κ2) is 5.50. The molecule has 1 atom stereocenters. The fraction of sp³-hybridized carbons (Fsp3) is 0.294. The molecule has 0 spiro atoms. The van der Waals surface area contributed by atoms with Crippen LogP contribution >= 0.6 is 15.9 Å². The molecule has 1 N–H and O–H groups in total. The molecule has 0 amide bonds. The Bertz CT molecular complexity index is 686. The highest BCUT2D eigenvalue weighted by Gasteiger charge is 2.36. The van der Waals surface area contributed by atoms with Crippen LogP contribution in [0.3, 0.4) is 0 Å². The molecule has 0 aliphatic heterocycles. The molecule has 110 valence electrons. The molecule has 0 saturated heterocycles. The monoisotopic (exact) mass is 352 g/mol. The number of hydrogen-bond donors (Lipinski definition) is 1. The number of halogens is 3. The molecule has 4 heteroatoms. The van der Waals surface area contributed by atoms with Gasteiger partial charge in [-0.25, -0.2) is 8.78 Å². The zero-order chi connectivity index (χ0) is 15.0. The molecule has 1 aliphatic carbocycles. The van der Waals surface area contributed by atoms with E-state index in [2.05, 4.69) is 15.9 Å². The van der Waals surface area contributed by atoms with Gasteiger partial charge in [0.15, 0.2) is 0 Å². The fourth-order valence-corrected chi connectivity index (χ4v) is 3.48. The molecule has 0 fully saturated rings. The predicted molar refractivity (Wildman–Crippen MR) is 81.0 cm³/mol. The topological polar surface area (TPSA) is 20.2 Å². The predicted octanol–water partition coefficient (Wildman–Crippen LogP) is 4.49. The van der Waals surface area contributed by atoms with Crippen LogP contribution in [-0.4, -0.2) is 5.11 Å². The lowest BCUT2D eigenvalue weighted by molar-refractivity contribution is 0.0174. The summed E-state index contributed by atoms with van der Waals surface area (Å²) in [5.74, 6) is -1.25. The first kappa shape index (κ1) is 14.7. The molecule has 2 aromatic rings. The van der Waals surface area contributed by atoms with Crippen molar-refractivity contribution in [3.8, 4) is 0 Å². The third-order valence-corrected chi connectivity index (χ3v) is 4.78. The molecule has 1 nitrogen and oxygen atoms in total. The van der Waals surface area contributed by atoms with E-state index < -0.39 is 17.2 Å². The summed E-state index contributed by atoms with van der Waals surface area (Å²) in [6.07, 6.45) is 2.16. The Morgan fingerprint density at radius 1 is 1.14 bits per heavy atom. The first-order valence-corrected chi connectivity index (χ1v) is 7.74. The van der Waals surface area contributed by atoms with Gasteiger partial charge in [0.2, 0.25) is 0 Å². The Morgan fingerprint density at radius 3 is 2.71 bits per heavy atom. The van der Waals surface area contributed by atoms with Gasteiger partial charge in [0.25, 0.3) is 0 Å². The summed E-state index contributed by atoms with van der Waals surface area (Å²) in [7, 11) is 0. The summed E-state index contributed by atoms with van der Waals surface area (Å²) >= 11 is 3.07. The number of fused-ring (bicyclic) bond motifs is 1. The van der Waals surface area contributed by atoms with Crippen molar-refractivity contribution >= 4 is 15.9 Å². The smallest absolute Gasteiger partial charge is 0.143 e. The summed E-state index contributed by atoms with van der Waals surface area (Å²) in [6.45, 7) is 0. The third-order valence-electron chi connectivity index (χ3n) is 4.16.